The second-order valence-corrected chi connectivity index (χ2v) is 5.67. The number of aromatic nitrogens is 1. The van der Waals surface area contributed by atoms with E-state index in [-0.39, 0.29) is 0 Å². The second kappa shape index (κ2) is 4.62. The van der Waals surface area contributed by atoms with E-state index in [1.165, 1.54) is 15.5 Å². The molecule has 0 saturated carbocycles. The third-order valence-electron chi connectivity index (χ3n) is 3.33. The first-order chi connectivity index (χ1) is 9.90. The number of anilines is 2. The van der Waals surface area contributed by atoms with E-state index in [1.54, 1.807) is 11.3 Å². The standard InChI is InChI=1S/C17H12N2S/c1-2-8-13-12(6-1)7-5-10-14(13)18-17-19-15-9-3-4-11-16(15)20-17/h1-11H,(H,18,19). The number of hydrogen-bond acceptors (Lipinski definition) is 3. The summed E-state index contributed by atoms with van der Waals surface area (Å²) < 4.78 is 1.20. The zero-order valence-electron chi connectivity index (χ0n) is 10.7. The van der Waals surface area contributed by atoms with Gasteiger partial charge in [0.2, 0.25) is 0 Å². The number of para-hydroxylation sites is 1. The number of fused-ring (bicyclic) bond motifs is 2. The second-order valence-electron chi connectivity index (χ2n) is 4.64. The molecule has 20 heavy (non-hydrogen) atoms. The quantitative estimate of drug-likeness (QED) is 0.544. The van der Waals surface area contributed by atoms with Crippen molar-refractivity contribution in [3.8, 4) is 0 Å². The highest BCUT2D eigenvalue weighted by Crippen LogP contribution is 2.31. The van der Waals surface area contributed by atoms with Crippen molar-refractivity contribution in [2.24, 2.45) is 0 Å². The fraction of sp³-hybridized carbons (Fsp3) is 0. The molecule has 3 heteroatoms. The van der Waals surface area contributed by atoms with Crippen LogP contribution in [0.5, 0.6) is 0 Å². The zero-order valence-corrected chi connectivity index (χ0v) is 11.5. The van der Waals surface area contributed by atoms with Gasteiger partial charge in [0.05, 0.1) is 10.2 Å². The molecule has 0 aliphatic rings. The first-order valence-corrected chi connectivity index (χ1v) is 7.32. The molecule has 3 aromatic carbocycles. The fourth-order valence-corrected chi connectivity index (χ4v) is 3.25. The Hall–Kier alpha value is -2.39. The van der Waals surface area contributed by atoms with Crippen molar-refractivity contribution in [3.05, 3.63) is 66.7 Å². The third-order valence-corrected chi connectivity index (χ3v) is 4.28. The zero-order chi connectivity index (χ0) is 13.4. The van der Waals surface area contributed by atoms with Gasteiger partial charge in [-0.15, -0.1) is 0 Å². The maximum atomic E-state index is 4.62. The summed E-state index contributed by atoms with van der Waals surface area (Å²) in [6.07, 6.45) is 0. The van der Waals surface area contributed by atoms with Gasteiger partial charge in [-0.05, 0) is 23.6 Å². The van der Waals surface area contributed by atoms with E-state index in [2.05, 4.69) is 58.8 Å². The van der Waals surface area contributed by atoms with Crippen molar-refractivity contribution in [1.29, 1.82) is 0 Å². The van der Waals surface area contributed by atoms with Gasteiger partial charge < -0.3 is 5.32 Å². The van der Waals surface area contributed by atoms with Gasteiger partial charge >= 0.3 is 0 Å². The predicted molar refractivity (Wildman–Crippen MR) is 86.9 cm³/mol. The topological polar surface area (TPSA) is 24.9 Å². The molecular weight excluding hydrogens is 264 g/mol. The van der Waals surface area contributed by atoms with Gasteiger partial charge in [-0.2, -0.15) is 0 Å². The maximum Gasteiger partial charge on any atom is 0.188 e. The van der Waals surface area contributed by atoms with E-state index < -0.39 is 0 Å². The first-order valence-electron chi connectivity index (χ1n) is 6.50. The van der Waals surface area contributed by atoms with Crippen molar-refractivity contribution in [2.45, 2.75) is 0 Å². The molecule has 0 unspecified atom stereocenters. The Kier molecular flexibility index (Phi) is 2.64. The van der Waals surface area contributed by atoms with Gasteiger partial charge in [0.25, 0.3) is 0 Å². The minimum absolute atomic E-state index is 0.933. The lowest BCUT2D eigenvalue weighted by molar-refractivity contribution is 1.45. The number of hydrogen-bond donors (Lipinski definition) is 1. The van der Waals surface area contributed by atoms with Gasteiger partial charge in [0.1, 0.15) is 0 Å². The number of rotatable bonds is 2. The molecule has 0 fully saturated rings. The van der Waals surface area contributed by atoms with Crippen molar-refractivity contribution < 1.29 is 0 Å². The van der Waals surface area contributed by atoms with Crippen LogP contribution in [0.4, 0.5) is 10.8 Å². The highest BCUT2D eigenvalue weighted by atomic mass is 32.1. The van der Waals surface area contributed by atoms with Crippen LogP contribution in [0.25, 0.3) is 21.0 Å². The molecule has 0 spiro atoms. The average Bonchev–Trinajstić information content (AvgIpc) is 2.90. The molecule has 0 aliphatic heterocycles. The molecule has 1 heterocycles. The molecule has 0 bridgehead atoms. The molecule has 1 N–H and O–H groups in total. The van der Waals surface area contributed by atoms with E-state index in [1.807, 2.05) is 18.2 Å². The highest BCUT2D eigenvalue weighted by Gasteiger charge is 2.05. The predicted octanol–water partition coefficient (Wildman–Crippen LogP) is 5.19. The molecule has 1 aromatic heterocycles. The minimum atomic E-state index is 0.933. The van der Waals surface area contributed by atoms with E-state index in [0.717, 1.165) is 16.3 Å². The number of thiazole rings is 1. The van der Waals surface area contributed by atoms with Gasteiger partial charge in [-0.3, -0.25) is 0 Å². The van der Waals surface area contributed by atoms with Crippen LogP contribution in [0.1, 0.15) is 0 Å². The Labute approximate surface area is 120 Å². The van der Waals surface area contributed by atoms with Gasteiger partial charge in [-0.25, -0.2) is 4.98 Å². The van der Waals surface area contributed by atoms with E-state index >= 15 is 0 Å². The van der Waals surface area contributed by atoms with Gasteiger partial charge in [0.15, 0.2) is 5.13 Å². The smallest absolute Gasteiger partial charge is 0.188 e. The Bertz CT molecular complexity index is 857. The molecule has 2 nitrogen and oxygen atoms in total. The lowest BCUT2D eigenvalue weighted by atomic mass is 10.1. The van der Waals surface area contributed by atoms with Crippen LogP contribution >= 0.6 is 11.3 Å². The minimum Gasteiger partial charge on any atom is -0.331 e. The number of benzene rings is 3. The third kappa shape index (κ3) is 1.92. The van der Waals surface area contributed by atoms with E-state index in [9.17, 15) is 0 Å². The molecule has 0 aliphatic carbocycles. The van der Waals surface area contributed by atoms with Crippen LogP contribution < -0.4 is 5.32 Å². The summed E-state index contributed by atoms with van der Waals surface area (Å²) in [6.45, 7) is 0. The molecule has 0 atom stereocenters. The van der Waals surface area contributed by atoms with Crippen LogP contribution in [0.3, 0.4) is 0 Å². The Morgan fingerprint density at radius 3 is 2.55 bits per heavy atom. The molecule has 4 rings (SSSR count). The summed E-state index contributed by atoms with van der Waals surface area (Å²) in [5.74, 6) is 0. The van der Waals surface area contributed by atoms with Crippen molar-refractivity contribution >= 4 is 43.1 Å². The SMILES string of the molecule is c1ccc2c(Nc3nc4ccccc4s3)cccc2c1. The number of nitrogens with zero attached hydrogens (tertiary/aromatic N) is 1. The largest absolute Gasteiger partial charge is 0.331 e. The van der Waals surface area contributed by atoms with Crippen LogP contribution in [-0.4, -0.2) is 4.98 Å². The van der Waals surface area contributed by atoms with Crippen molar-refractivity contribution in [3.63, 3.8) is 0 Å². The van der Waals surface area contributed by atoms with Crippen LogP contribution in [0.15, 0.2) is 66.7 Å². The van der Waals surface area contributed by atoms with Gasteiger partial charge in [0, 0.05) is 11.1 Å². The van der Waals surface area contributed by atoms with Crippen molar-refractivity contribution in [1.82, 2.24) is 4.98 Å². The first kappa shape index (κ1) is 11.4. The highest BCUT2D eigenvalue weighted by molar-refractivity contribution is 7.22. The summed E-state index contributed by atoms with van der Waals surface area (Å²) in [5.41, 5.74) is 2.14. The molecule has 4 aromatic rings. The summed E-state index contributed by atoms with van der Waals surface area (Å²) >= 11 is 1.68. The maximum absolute atomic E-state index is 4.62. The molecule has 0 saturated heterocycles. The normalized spacial score (nSPS) is 11.0. The monoisotopic (exact) mass is 276 g/mol. The Morgan fingerprint density at radius 1 is 0.800 bits per heavy atom. The van der Waals surface area contributed by atoms with E-state index in [4.69, 9.17) is 0 Å². The fourth-order valence-electron chi connectivity index (χ4n) is 2.38. The van der Waals surface area contributed by atoms with Crippen LogP contribution in [-0.2, 0) is 0 Å². The Balaban J connectivity index is 1.80. The van der Waals surface area contributed by atoms with Crippen LogP contribution in [0, 0.1) is 0 Å². The molecule has 0 radical (unpaired) electrons. The van der Waals surface area contributed by atoms with Crippen LogP contribution in [0.2, 0.25) is 0 Å². The molecular formula is C17H12N2S. The summed E-state index contributed by atoms with van der Waals surface area (Å²) in [4.78, 5) is 4.62. The van der Waals surface area contributed by atoms with Gasteiger partial charge in [-0.1, -0.05) is 59.9 Å². The summed E-state index contributed by atoms with van der Waals surface area (Å²) in [7, 11) is 0. The lowest BCUT2D eigenvalue weighted by Gasteiger charge is -2.06. The summed E-state index contributed by atoms with van der Waals surface area (Å²) in [6, 6.07) is 22.9. The number of nitrogens with one attached hydrogen (secondary N) is 1. The van der Waals surface area contributed by atoms with Crippen molar-refractivity contribution in [2.75, 3.05) is 5.32 Å². The Morgan fingerprint density at radius 2 is 1.60 bits per heavy atom. The summed E-state index contributed by atoms with van der Waals surface area (Å²) in [5, 5.41) is 6.83. The van der Waals surface area contributed by atoms with E-state index in [0.29, 0.717) is 0 Å². The average molecular weight is 276 g/mol. The lowest BCUT2D eigenvalue weighted by Crippen LogP contribution is -1.90. The molecule has 0 amide bonds. The molecule has 96 valence electrons.